The van der Waals surface area contributed by atoms with Crippen molar-refractivity contribution in [1.82, 2.24) is 14.8 Å². The number of fused-ring (bicyclic) bond motifs is 1. The monoisotopic (exact) mass is 361 g/mol. The lowest BCUT2D eigenvalue weighted by Crippen LogP contribution is -2.27. The molecule has 3 nitrogen and oxygen atoms in total. The van der Waals surface area contributed by atoms with Crippen LogP contribution in [0.2, 0.25) is 0 Å². The fraction of sp³-hybridized carbons (Fsp3) is 0.450. The van der Waals surface area contributed by atoms with Gasteiger partial charge in [-0.1, -0.05) is 24.3 Å². The number of halogens is 3. The van der Waals surface area contributed by atoms with Crippen molar-refractivity contribution in [1.29, 1.82) is 0 Å². The fourth-order valence-electron chi connectivity index (χ4n) is 3.57. The van der Waals surface area contributed by atoms with Crippen molar-refractivity contribution in [2.24, 2.45) is 0 Å². The molecule has 1 aromatic heterocycles. The summed E-state index contributed by atoms with van der Waals surface area (Å²) in [5.74, 6) is 0. The van der Waals surface area contributed by atoms with Crippen LogP contribution in [0.25, 0.3) is 10.8 Å². The summed E-state index contributed by atoms with van der Waals surface area (Å²) in [4.78, 5) is 9.10. The number of benzene rings is 1. The highest BCUT2D eigenvalue weighted by Gasteiger charge is 2.30. The molecule has 0 unspecified atom stereocenters. The van der Waals surface area contributed by atoms with E-state index in [1.807, 2.05) is 30.5 Å². The third-order valence-corrected chi connectivity index (χ3v) is 5.06. The molecule has 2 aliphatic rings. The van der Waals surface area contributed by atoms with E-state index < -0.39 is 12.6 Å². The minimum absolute atomic E-state index is 0.0935. The summed E-state index contributed by atoms with van der Waals surface area (Å²) < 4.78 is 37.8. The first kappa shape index (κ1) is 17.2. The normalized spacial score (nSPS) is 17.5. The van der Waals surface area contributed by atoms with Gasteiger partial charge in [0.15, 0.2) is 0 Å². The molecule has 4 rings (SSSR count). The summed E-state index contributed by atoms with van der Waals surface area (Å²) >= 11 is 0. The van der Waals surface area contributed by atoms with E-state index in [2.05, 4.69) is 27.2 Å². The number of hydrogen-bond acceptors (Lipinski definition) is 3. The molecule has 0 amide bonds. The van der Waals surface area contributed by atoms with Crippen LogP contribution in [-0.2, 0) is 13.0 Å². The third-order valence-electron chi connectivity index (χ3n) is 5.06. The van der Waals surface area contributed by atoms with Crippen molar-refractivity contribution in [3.05, 3.63) is 54.1 Å². The van der Waals surface area contributed by atoms with Crippen molar-refractivity contribution in [3.63, 3.8) is 0 Å². The number of aryl methyl sites for hydroxylation is 1. The maximum absolute atomic E-state index is 12.6. The molecule has 138 valence electrons. The lowest BCUT2D eigenvalue weighted by Gasteiger charge is -2.22. The Morgan fingerprint density at radius 1 is 1.12 bits per heavy atom. The SMILES string of the molecule is FC(F)(F)CCCc1c(CN2C=CN(C3CC3)C2)ncc2ccccc12. The first-order valence-electron chi connectivity index (χ1n) is 9.10. The van der Waals surface area contributed by atoms with E-state index in [0.717, 1.165) is 28.7 Å². The zero-order valence-corrected chi connectivity index (χ0v) is 14.5. The molecule has 2 aromatic rings. The van der Waals surface area contributed by atoms with Crippen LogP contribution in [0.15, 0.2) is 42.9 Å². The quantitative estimate of drug-likeness (QED) is 0.735. The molecule has 0 bridgehead atoms. The summed E-state index contributed by atoms with van der Waals surface area (Å²) in [7, 11) is 0. The number of hydrogen-bond donors (Lipinski definition) is 0. The summed E-state index contributed by atoms with van der Waals surface area (Å²) in [6, 6.07) is 8.47. The van der Waals surface area contributed by atoms with Crippen LogP contribution in [0, 0.1) is 0 Å². The Morgan fingerprint density at radius 2 is 1.92 bits per heavy atom. The lowest BCUT2D eigenvalue weighted by atomic mass is 9.99. The van der Waals surface area contributed by atoms with Gasteiger partial charge in [0, 0.05) is 36.4 Å². The van der Waals surface area contributed by atoms with Gasteiger partial charge >= 0.3 is 6.18 Å². The van der Waals surface area contributed by atoms with E-state index in [1.165, 1.54) is 12.8 Å². The van der Waals surface area contributed by atoms with E-state index >= 15 is 0 Å². The summed E-state index contributed by atoms with van der Waals surface area (Å²) in [6.07, 6.45) is 4.12. The molecule has 26 heavy (non-hydrogen) atoms. The number of aromatic nitrogens is 1. The third kappa shape index (κ3) is 3.94. The Kier molecular flexibility index (Phi) is 4.51. The van der Waals surface area contributed by atoms with Gasteiger partial charge in [-0.3, -0.25) is 4.98 Å². The van der Waals surface area contributed by atoms with Gasteiger partial charge in [0.2, 0.25) is 0 Å². The molecule has 6 heteroatoms. The van der Waals surface area contributed by atoms with E-state index in [1.54, 1.807) is 0 Å². The second-order valence-electron chi connectivity index (χ2n) is 7.17. The topological polar surface area (TPSA) is 19.4 Å². The molecular formula is C20H22F3N3. The van der Waals surface area contributed by atoms with Crippen LogP contribution < -0.4 is 0 Å². The molecule has 1 saturated carbocycles. The lowest BCUT2D eigenvalue weighted by molar-refractivity contribution is -0.135. The number of alkyl halides is 3. The van der Waals surface area contributed by atoms with Gasteiger partial charge in [-0.15, -0.1) is 0 Å². The van der Waals surface area contributed by atoms with E-state index in [-0.39, 0.29) is 6.42 Å². The van der Waals surface area contributed by atoms with Crippen molar-refractivity contribution < 1.29 is 13.2 Å². The Bertz CT molecular complexity index is 812. The van der Waals surface area contributed by atoms with Gasteiger partial charge in [0.05, 0.1) is 18.9 Å². The predicted octanol–water partition coefficient (Wildman–Crippen LogP) is 4.83. The first-order valence-corrected chi connectivity index (χ1v) is 9.10. The van der Waals surface area contributed by atoms with Crippen LogP contribution in [-0.4, -0.2) is 33.7 Å². The summed E-state index contributed by atoms with van der Waals surface area (Å²) in [5.41, 5.74) is 1.83. The second-order valence-corrected chi connectivity index (χ2v) is 7.17. The van der Waals surface area contributed by atoms with Crippen molar-refractivity contribution >= 4 is 10.8 Å². The molecule has 1 aliphatic carbocycles. The molecule has 0 saturated heterocycles. The average molecular weight is 361 g/mol. The standard InChI is InChI=1S/C20H22F3N3/c21-20(22,23)9-3-6-18-17-5-2-1-4-15(17)12-24-19(18)13-25-10-11-26(14-25)16-7-8-16/h1-2,4-5,10-12,16H,3,6-9,13-14H2. The van der Waals surface area contributed by atoms with Crippen LogP contribution >= 0.6 is 0 Å². The van der Waals surface area contributed by atoms with E-state index in [0.29, 0.717) is 19.0 Å². The molecule has 0 atom stereocenters. The van der Waals surface area contributed by atoms with Gasteiger partial charge in [0.1, 0.15) is 0 Å². The molecule has 1 aliphatic heterocycles. The van der Waals surface area contributed by atoms with Crippen molar-refractivity contribution in [3.8, 4) is 0 Å². The van der Waals surface area contributed by atoms with Gasteiger partial charge in [0.25, 0.3) is 0 Å². The zero-order valence-electron chi connectivity index (χ0n) is 14.5. The summed E-state index contributed by atoms with van der Waals surface area (Å²) in [6.45, 7) is 1.47. The predicted molar refractivity (Wildman–Crippen MR) is 95.1 cm³/mol. The Labute approximate surface area is 151 Å². The average Bonchev–Trinajstić information content (AvgIpc) is 3.35. The molecule has 1 fully saturated rings. The van der Waals surface area contributed by atoms with Gasteiger partial charge < -0.3 is 9.80 Å². The molecule has 0 N–H and O–H groups in total. The van der Waals surface area contributed by atoms with Gasteiger partial charge in [-0.05, 0) is 36.6 Å². The number of nitrogens with zero attached hydrogens (tertiary/aromatic N) is 3. The maximum Gasteiger partial charge on any atom is 0.389 e. The molecule has 0 spiro atoms. The highest BCUT2D eigenvalue weighted by Crippen LogP contribution is 2.31. The maximum atomic E-state index is 12.6. The molecule has 1 aromatic carbocycles. The molecular weight excluding hydrogens is 339 g/mol. The minimum atomic E-state index is -4.11. The minimum Gasteiger partial charge on any atom is -0.356 e. The zero-order chi connectivity index (χ0) is 18.1. The van der Waals surface area contributed by atoms with Gasteiger partial charge in [-0.25, -0.2) is 0 Å². The van der Waals surface area contributed by atoms with E-state index in [4.69, 9.17) is 0 Å². The van der Waals surface area contributed by atoms with Crippen LogP contribution in [0.1, 0.15) is 36.9 Å². The fourth-order valence-corrected chi connectivity index (χ4v) is 3.57. The molecule has 2 heterocycles. The number of pyridine rings is 1. The van der Waals surface area contributed by atoms with Crippen LogP contribution in [0.3, 0.4) is 0 Å². The van der Waals surface area contributed by atoms with E-state index in [9.17, 15) is 13.2 Å². The van der Waals surface area contributed by atoms with Crippen molar-refractivity contribution in [2.45, 2.75) is 50.9 Å². The van der Waals surface area contributed by atoms with Gasteiger partial charge in [-0.2, -0.15) is 13.2 Å². The van der Waals surface area contributed by atoms with Crippen LogP contribution in [0.5, 0.6) is 0 Å². The molecule has 0 radical (unpaired) electrons. The number of rotatable bonds is 6. The Hall–Kier alpha value is -2.24. The highest BCUT2D eigenvalue weighted by molar-refractivity contribution is 5.85. The summed E-state index contributed by atoms with van der Waals surface area (Å²) in [5, 5.41) is 2.00. The highest BCUT2D eigenvalue weighted by atomic mass is 19.4. The first-order chi connectivity index (χ1) is 12.5. The second kappa shape index (κ2) is 6.82. The van der Waals surface area contributed by atoms with Crippen LogP contribution in [0.4, 0.5) is 13.2 Å². The van der Waals surface area contributed by atoms with Crippen molar-refractivity contribution in [2.75, 3.05) is 6.67 Å². The Balaban J connectivity index is 1.54. The Morgan fingerprint density at radius 3 is 2.69 bits per heavy atom. The largest absolute Gasteiger partial charge is 0.389 e. The smallest absolute Gasteiger partial charge is 0.356 e.